The Hall–Kier alpha value is -1.93. The fourth-order valence-corrected chi connectivity index (χ4v) is 5.58. The predicted molar refractivity (Wildman–Crippen MR) is 97.4 cm³/mol. The van der Waals surface area contributed by atoms with Crippen molar-refractivity contribution in [3.63, 3.8) is 0 Å². The minimum atomic E-state index is -3.26. The number of nitrogens with zero attached hydrogens (tertiary/aromatic N) is 4. The van der Waals surface area contributed by atoms with Crippen molar-refractivity contribution in [1.29, 1.82) is 0 Å². The van der Waals surface area contributed by atoms with E-state index in [0.29, 0.717) is 38.5 Å². The van der Waals surface area contributed by atoms with Gasteiger partial charge in [0, 0.05) is 32.7 Å². The maximum atomic E-state index is 12.8. The third kappa shape index (κ3) is 2.64. The molecule has 0 aliphatic carbocycles. The van der Waals surface area contributed by atoms with Gasteiger partial charge in [0.05, 0.1) is 11.0 Å². The first kappa shape index (κ1) is 16.5. The van der Waals surface area contributed by atoms with Crippen LogP contribution in [-0.4, -0.2) is 53.7 Å². The number of anilines is 1. The van der Waals surface area contributed by atoms with E-state index in [1.807, 2.05) is 31.2 Å². The van der Waals surface area contributed by atoms with Gasteiger partial charge in [-0.15, -0.1) is 0 Å². The first-order chi connectivity index (χ1) is 12.0. The highest BCUT2D eigenvalue weighted by Gasteiger charge is 2.43. The van der Waals surface area contributed by atoms with Crippen LogP contribution in [0.3, 0.4) is 0 Å². The van der Waals surface area contributed by atoms with Gasteiger partial charge in [-0.2, -0.15) is 0 Å². The number of rotatable bonds is 4. The number of sulfonamides is 1. The number of aromatic nitrogens is 2. The minimum Gasteiger partial charge on any atom is -0.349 e. The van der Waals surface area contributed by atoms with Gasteiger partial charge in [0.1, 0.15) is 5.25 Å². The molecule has 0 spiro atoms. The lowest BCUT2D eigenvalue weighted by atomic mass is 10.2. The quantitative estimate of drug-likeness (QED) is 0.812. The normalized spacial score (nSPS) is 19.5. The van der Waals surface area contributed by atoms with Crippen LogP contribution in [0.15, 0.2) is 29.1 Å². The maximum absolute atomic E-state index is 12.8. The summed E-state index contributed by atoms with van der Waals surface area (Å²) in [6.45, 7) is 4.39. The summed E-state index contributed by atoms with van der Waals surface area (Å²) in [7, 11) is -3.26. The molecule has 0 atom stereocenters. The summed E-state index contributed by atoms with van der Waals surface area (Å²) in [5, 5.41) is -0.437. The van der Waals surface area contributed by atoms with E-state index < -0.39 is 15.3 Å². The SMILES string of the molecule is CCn1c(=O)c(N2CC(S(=O)(=O)N3CCCC3)C2)nc2ccccc21. The molecule has 4 rings (SSSR count). The molecular formula is C17H22N4O3S. The second-order valence-corrected chi connectivity index (χ2v) is 8.86. The smallest absolute Gasteiger partial charge is 0.293 e. The summed E-state index contributed by atoms with van der Waals surface area (Å²) >= 11 is 0. The monoisotopic (exact) mass is 362 g/mol. The lowest BCUT2D eigenvalue weighted by molar-refractivity contribution is 0.447. The van der Waals surface area contributed by atoms with Crippen LogP contribution in [-0.2, 0) is 16.6 Å². The highest BCUT2D eigenvalue weighted by atomic mass is 32.2. The largest absolute Gasteiger partial charge is 0.349 e. The van der Waals surface area contributed by atoms with E-state index in [1.165, 1.54) is 0 Å². The van der Waals surface area contributed by atoms with E-state index in [9.17, 15) is 13.2 Å². The molecule has 2 aliphatic heterocycles. The van der Waals surface area contributed by atoms with Crippen molar-refractivity contribution in [1.82, 2.24) is 13.9 Å². The molecule has 2 aliphatic rings. The Kier molecular flexibility index (Phi) is 4.04. The number of para-hydroxylation sites is 2. The van der Waals surface area contributed by atoms with Crippen molar-refractivity contribution >= 4 is 26.9 Å². The van der Waals surface area contributed by atoms with Gasteiger partial charge in [-0.05, 0) is 31.9 Å². The van der Waals surface area contributed by atoms with Crippen molar-refractivity contribution in [3.05, 3.63) is 34.6 Å². The van der Waals surface area contributed by atoms with Crippen LogP contribution in [0, 0.1) is 0 Å². The van der Waals surface area contributed by atoms with Crippen LogP contribution in [0.25, 0.3) is 11.0 Å². The van der Waals surface area contributed by atoms with Crippen molar-refractivity contribution < 1.29 is 8.42 Å². The molecule has 134 valence electrons. The first-order valence-electron chi connectivity index (χ1n) is 8.76. The Bertz CT molecular complexity index is 958. The molecule has 1 aromatic carbocycles. The Morgan fingerprint density at radius 2 is 1.84 bits per heavy atom. The van der Waals surface area contributed by atoms with Crippen molar-refractivity contribution in [3.8, 4) is 0 Å². The van der Waals surface area contributed by atoms with Crippen LogP contribution >= 0.6 is 0 Å². The van der Waals surface area contributed by atoms with Crippen molar-refractivity contribution in [2.45, 2.75) is 31.6 Å². The zero-order valence-electron chi connectivity index (χ0n) is 14.3. The van der Waals surface area contributed by atoms with Gasteiger partial charge in [-0.25, -0.2) is 17.7 Å². The fraction of sp³-hybridized carbons (Fsp3) is 0.529. The van der Waals surface area contributed by atoms with Gasteiger partial charge < -0.3 is 9.47 Å². The van der Waals surface area contributed by atoms with Crippen molar-refractivity contribution in [2.24, 2.45) is 0 Å². The highest BCUT2D eigenvalue weighted by molar-refractivity contribution is 7.89. The zero-order valence-corrected chi connectivity index (χ0v) is 15.1. The topological polar surface area (TPSA) is 75.5 Å². The van der Waals surface area contributed by atoms with Gasteiger partial charge in [0.25, 0.3) is 5.56 Å². The van der Waals surface area contributed by atoms with E-state index in [4.69, 9.17) is 0 Å². The number of aryl methyl sites for hydroxylation is 1. The van der Waals surface area contributed by atoms with Crippen LogP contribution < -0.4 is 10.5 Å². The third-order valence-electron chi connectivity index (χ3n) is 5.15. The summed E-state index contributed by atoms with van der Waals surface area (Å²) in [6.07, 6.45) is 1.87. The number of hydrogen-bond donors (Lipinski definition) is 0. The molecule has 0 radical (unpaired) electrons. The molecule has 0 unspecified atom stereocenters. The van der Waals surface area contributed by atoms with Gasteiger partial charge in [-0.1, -0.05) is 12.1 Å². The van der Waals surface area contributed by atoms with Crippen LogP contribution in [0.2, 0.25) is 0 Å². The molecule has 25 heavy (non-hydrogen) atoms. The number of hydrogen-bond acceptors (Lipinski definition) is 5. The molecule has 0 amide bonds. The molecule has 3 heterocycles. The lowest BCUT2D eigenvalue weighted by Gasteiger charge is -2.40. The van der Waals surface area contributed by atoms with E-state index >= 15 is 0 Å². The summed E-state index contributed by atoms with van der Waals surface area (Å²) in [5.41, 5.74) is 1.41. The second-order valence-electron chi connectivity index (χ2n) is 6.65. The first-order valence-corrected chi connectivity index (χ1v) is 10.3. The summed E-state index contributed by atoms with van der Waals surface area (Å²) < 4.78 is 28.5. The van der Waals surface area contributed by atoms with Gasteiger partial charge in [0.15, 0.2) is 5.82 Å². The van der Waals surface area contributed by atoms with Gasteiger partial charge >= 0.3 is 0 Å². The molecule has 0 N–H and O–H groups in total. The Morgan fingerprint density at radius 3 is 2.52 bits per heavy atom. The molecule has 7 nitrogen and oxygen atoms in total. The average molecular weight is 362 g/mol. The van der Waals surface area contributed by atoms with Crippen LogP contribution in [0.1, 0.15) is 19.8 Å². The number of fused-ring (bicyclic) bond motifs is 1. The second kappa shape index (κ2) is 6.10. The molecule has 2 saturated heterocycles. The lowest BCUT2D eigenvalue weighted by Crippen LogP contribution is -2.59. The molecule has 1 aromatic heterocycles. The molecule has 2 aromatic rings. The maximum Gasteiger partial charge on any atom is 0.293 e. The molecule has 2 fully saturated rings. The standard InChI is InChI=1S/C17H22N4O3S/c1-2-21-15-8-4-3-7-14(15)18-16(17(21)22)19-11-13(12-19)25(23,24)20-9-5-6-10-20/h3-4,7-8,13H,2,5-6,9-12H2,1H3. The van der Waals surface area contributed by atoms with Gasteiger partial charge in [0.2, 0.25) is 10.0 Å². The number of benzene rings is 1. The van der Waals surface area contributed by atoms with Crippen LogP contribution in [0.4, 0.5) is 5.82 Å². The average Bonchev–Trinajstić information content (AvgIpc) is 3.09. The molecule has 0 bridgehead atoms. The van der Waals surface area contributed by atoms with E-state index in [2.05, 4.69) is 4.98 Å². The minimum absolute atomic E-state index is 0.154. The van der Waals surface area contributed by atoms with Crippen molar-refractivity contribution in [2.75, 3.05) is 31.1 Å². The molecule has 8 heteroatoms. The van der Waals surface area contributed by atoms with E-state index in [0.717, 1.165) is 23.9 Å². The van der Waals surface area contributed by atoms with E-state index in [-0.39, 0.29) is 5.56 Å². The predicted octanol–water partition coefficient (Wildman–Crippen LogP) is 1.03. The highest BCUT2D eigenvalue weighted by Crippen LogP contribution is 2.26. The summed E-state index contributed by atoms with van der Waals surface area (Å²) in [4.78, 5) is 19.1. The third-order valence-corrected chi connectivity index (χ3v) is 7.37. The Balaban J connectivity index is 1.62. The Morgan fingerprint density at radius 1 is 1.16 bits per heavy atom. The fourth-order valence-electron chi connectivity index (χ4n) is 3.65. The van der Waals surface area contributed by atoms with E-state index in [1.54, 1.807) is 13.8 Å². The van der Waals surface area contributed by atoms with Crippen LogP contribution in [0.5, 0.6) is 0 Å². The summed E-state index contributed by atoms with van der Waals surface area (Å²) in [5.74, 6) is 0.355. The molecular weight excluding hydrogens is 340 g/mol. The Labute approximate surface area is 146 Å². The zero-order chi connectivity index (χ0) is 17.6. The summed E-state index contributed by atoms with van der Waals surface area (Å²) in [6, 6.07) is 7.54. The van der Waals surface area contributed by atoms with Gasteiger partial charge in [-0.3, -0.25) is 4.79 Å². The molecule has 0 saturated carbocycles.